The number of carbonyl (C=O) groups is 2. The number of hydrogen-bond acceptors (Lipinski definition) is 4. The van der Waals surface area contributed by atoms with E-state index in [9.17, 15) is 22.8 Å². The Morgan fingerprint density at radius 2 is 1.59 bits per heavy atom. The second-order valence-corrected chi connectivity index (χ2v) is 6.22. The van der Waals surface area contributed by atoms with E-state index in [1.54, 1.807) is 24.3 Å². The number of amides is 1. The number of Topliss-reactive ketones (excluding diaryl/α,β-unsaturated/α-hetero) is 1. The van der Waals surface area contributed by atoms with Gasteiger partial charge >= 0.3 is 6.18 Å². The number of ketones is 1. The van der Waals surface area contributed by atoms with Gasteiger partial charge in [-0.3, -0.25) is 14.6 Å². The van der Waals surface area contributed by atoms with Crippen molar-refractivity contribution in [2.45, 2.75) is 13.1 Å². The van der Waals surface area contributed by atoms with Crippen molar-refractivity contribution in [2.75, 3.05) is 10.6 Å². The summed E-state index contributed by atoms with van der Waals surface area (Å²) in [6, 6.07) is 12.8. The molecule has 0 bridgehead atoms. The highest BCUT2D eigenvalue weighted by Gasteiger charge is 2.33. The highest BCUT2D eigenvalue weighted by molar-refractivity contribution is 6.05. The SMILES string of the molecule is CC(=O)c1ccc(NC(=O)c2cncc(Nc3ccccc3C(F)(F)F)c2)cc1. The van der Waals surface area contributed by atoms with Crippen molar-refractivity contribution in [1.82, 2.24) is 4.98 Å². The van der Waals surface area contributed by atoms with Crippen molar-refractivity contribution in [3.05, 3.63) is 83.7 Å². The van der Waals surface area contributed by atoms with Crippen LogP contribution in [0.3, 0.4) is 0 Å². The van der Waals surface area contributed by atoms with Gasteiger partial charge in [0.25, 0.3) is 5.91 Å². The van der Waals surface area contributed by atoms with Gasteiger partial charge in [0.2, 0.25) is 0 Å². The second-order valence-electron chi connectivity index (χ2n) is 6.22. The Morgan fingerprint density at radius 3 is 2.24 bits per heavy atom. The molecular weight excluding hydrogens is 383 g/mol. The summed E-state index contributed by atoms with van der Waals surface area (Å²) in [7, 11) is 0. The molecule has 2 N–H and O–H groups in total. The van der Waals surface area contributed by atoms with E-state index in [0.717, 1.165) is 6.07 Å². The number of carbonyl (C=O) groups excluding carboxylic acids is 2. The van der Waals surface area contributed by atoms with Crippen LogP contribution in [0.1, 0.15) is 33.2 Å². The summed E-state index contributed by atoms with van der Waals surface area (Å²) < 4.78 is 39.4. The molecule has 0 aliphatic rings. The smallest absolute Gasteiger partial charge is 0.354 e. The van der Waals surface area contributed by atoms with E-state index in [4.69, 9.17) is 0 Å². The topological polar surface area (TPSA) is 71.1 Å². The first kappa shape index (κ1) is 20.1. The maximum absolute atomic E-state index is 13.1. The van der Waals surface area contributed by atoms with Gasteiger partial charge in [-0.2, -0.15) is 13.2 Å². The van der Waals surface area contributed by atoms with Gasteiger partial charge in [0.05, 0.1) is 28.7 Å². The number of pyridine rings is 1. The van der Waals surface area contributed by atoms with Gasteiger partial charge in [0, 0.05) is 17.4 Å². The molecule has 0 radical (unpaired) electrons. The molecule has 1 heterocycles. The third kappa shape index (κ3) is 4.98. The molecule has 0 fully saturated rings. The molecule has 1 amide bonds. The van der Waals surface area contributed by atoms with Crippen LogP contribution in [0.5, 0.6) is 0 Å². The first-order valence-electron chi connectivity index (χ1n) is 8.55. The van der Waals surface area contributed by atoms with Gasteiger partial charge in [-0.05, 0) is 49.4 Å². The summed E-state index contributed by atoms with van der Waals surface area (Å²) in [5.41, 5.74) is 0.427. The first-order valence-corrected chi connectivity index (χ1v) is 8.55. The largest absolute Gasteiger partial charge is 0.418 e. The molecule has 5 nitrogen and oxygen atoms in total. The molecular formula is C21H16F3N3O2. The molecule has 1 aromatic heterocycles. The van der Waals surface area contributed by atoms with Crippen LogP contribution in [0.4, 0.5) is 30.2 Å². The Balaban J connectivity index is 1.78. The molecule has 0 aliphatic heterocycles. The first-order chi connectivity index (χ1) is 13.7. The Hall–Kier alpha value is -3.68. The predicted molar refractivity (Wildman–Crippen MR) is 103 cm³/mol. The molecule has 2 aromatic carbocycles. The summed E-state index contributed by atoms with van der Waals surface area (Å²) in [6.45, 7) is 1.44. The second kappa shape index (κ2) is 8.14. The number of rotatable bonds is 5. The minimum absolute atomic E-state index is 0.0926. The van der Waals surface area contributed by atoms with Crippen molar-refractivity contribution in [2.24, 2.45) is 0 Å². The number of halogens is 3. The molecule has 29 heavy (non-hydrogen) atoms. The third-order valence-electron chi connectivity index (χ3n) is 4.06. The van der Waals surface area contributed by atoms with Crippen LogP contribution >= 0.6 is 0 Å². The highest BCUT2D eigenvalue weighted by atomic mass is 19.4. The molecule has 8 heteroatoms. The normalized spacial score (nSPS) is 11.0. The zero-order valence-corrected chi connectivity index (χ0v) is 15.2. The van der Waals surface area contributed by atoms with Crippen molar-refractivity contribution in [3.63, 3.8) is 0 Å². The van der Waals surface area contributed by atoms with E-state index in [-0.39, 0.29) is 22.7 Å². The lowest BCUT2D eigenvalue weighted by Crippen LogP contribution is -2.13. The van der Waals surface area contributed by atoms with Crippen molar-refractivity contribution in [1.29, 1.82) is 0 Å². The van der Waals surface area contributed by atoms with Gasteiger partial charge in [-0.1, -0.05) is 12.1 Å². The van der Waals surface area contributed by atoms with E-state index in [1.165, 1.54) is 43.6 Å². The molecule has 0 spiro atoms. The van der Waals surface area contributed by atoms with Crippen LogP contribution in [0.2, 0.25) is 0 Å². The lowest BCUT2D eigenvalue weighted by Gasteiger charge is -2.14. The van der Waals surface area contributed by atoms with E-state index in [1.807, 2.05) is 0 Å². The van der Waals surface area contributed by atoms with Gasteiger partial charge in [-0.15, -0.1) is 0 Å². The zero-order chi connectivity index (χ0) is 21.0. The quantitative estimate of drug-likeness (QED) is 0.571. The van der Waals surface area contributed by atoms with Crippen LogP contribution in [-0.4, -0.2) is 16.7 Å². The molecule has 148 valence electrons. The van der Waals surface area contributed by atoms with Crippen LogP contribution in [0.15, 0.2) is 67.0 Å². The number of alkyl halides is 3. The Kier molecular flexibility index (Phi) is 5.63. The third-order valence-corrected chi connectivity index (χ3v) is 4.06. The van der Waals surface area contributed by atoms with Crippen molar-refractivity contribution < 1.29 is 22.8 Å². The lowest BCUT2D eigenvalue weighted by molar-refractivity contribution is -0.136. The monoisotopic (exact) mass is 399 g/mol. The number of para-hydroxylation sites is 1. The average molecular weight is 399 g/mol. The molecule has 3 rings (SSSR count). The maximum Gasteiger partial charge on any atom is 0.418 e. The number of anilines is 3. The summed E-state index contributed by atoms with van der Waals surface area (Å²) in [5, 5.41) is 5.31. The lowest BCUT2D eigenvalue weighted by atomic mass is 10.1. The average Bonchev–Trinajstić information content (AvgIpc) is 2.68. The predicted octanol–water partition coefficient (Wildman–Crippen LogP) is 5.30. The number of hydrogen-bond donors (Lipinski definition) is 2. The Morgan fingerprint density at radius 1 is 0.897 bits per heavy atom. The number of nitrogens with zero attached hydrogens (tertiary/aromatic N) is 1. The standard InChI is InChI=1S/C21H16F3N3O2/c1-13(28)14-6-8-16(9-7-14)27-20(29)15-10-17(12-25-11-15)26-19-5-3-2-4-18(19)21(22,23)24/h2-12,26H,1H3,(H,27,29). The fourth-order valence-corrected chi connectivity index (χ4v) is 2.62. The van der Waals surface area contributed by atoms with Crippen molar-refractivity contribution >= 4 is 28.8 Å². The summed E-state index contributed by atoms with van der Waals surface area (Å²) in [6.07, 6.45) is -1.89. The zero-order valence-electron chi connectivity index (χ0n) is 15.2. The highest BCUT2D eigenvalue weighted by Crippen LogP contribution is 2.35. The van der Waals surface area contributed by atoms with Crippen LogP contribution in [-0.2, 0) is 6.18 Å². The molecule has 0 saturated heterocycles. The molecule has 0 unspecified atom stereocenters. The van der Waals surface area contributed by atoms with E-state index < -0.39 is 17.6 Å². The van der Waals surface area contributed by atoms with Crippen LogP contribution in [0.25, 0.3) is 0 Å². The van der Waals surface area contributed by atoms with E-state index in [0.29, 0.717) is 11.3 Å². The summed E-state index contributed by atoms with van der Waals surface area (Å²) in [4.78, 5) is 27.7. The molecule has 0 saturated carbocycles. The molecule has 0 aliphatic carbocycles. The number of nitrogens with one attached hydrogen (secondary N) is 2. The van der Waals surface area contributed by atoms with Gasteiger partial charge in [0.15, 0.2) is 5.78 Å². The minimum Gasteiger partial charge on any atom is -0.354 e. The number of benzene rings is 2. The van der Waals surface area contributed by atoms with Crippen LogP contribution < -0.4 is 10.6 Å². The fourth-order valence-electron chi connectivity index (χ4n) is 2.62. The Bertz CT molecular complexity index is 1050. The van der Waals surface area contributed by atoms with Crippen molar-refractivity contribution in [3.8, 4) is 0 Å². The summed E-state index contributed by atoms with van der Waals surface area (Å²) >= 11 is 0. The fraction of sp³-hybridized carbons (Fsp3) is 0.0952. The summed E-state index contributed by atoms with van der Waals surface area (Å²) in [5.74, 6) is -0.578. The van der Waals surface area contributed by atoms with E-state index in [2.05, 4.69) is 15.6 Å². The number of aromatic nitrogens is 1. The van der Waals surface area contributed by atoms with Gasteiger partial charge in [-0.25, -0.2) is 0 Å². The van der Waals surface area contributed by atoms with Gasteiger partial charge < -0.3 is 10.6 Å². The van der Waals surface area contributed by atoms with Gasteiger partial charge in [0.1, 0.15) is 0 Å². The maximum atomic E-state index is 13.1. The van der Waals surface area contributed by atoms with Crippen LogP contribution in [0, 0.1) is 0 Å². The van der Waals surface area contributed by atoms with E-state index >= 15 is 0 Å². The Labute approximate surface area is 164 Å². The molecule has 3 aromatic rings. The minimum atomic E-state index is -4.52. The molecule has 0 atom stereocenters.